The van der Waals surface area contributed by atoms with Crippen LogP contribution in [0.25, 0.3) is 0 Å². The fraction of sp³-hybridized carbons (Fsp3) is 0.0833. The number of primary amides is 1. The monoisotopic (exact) mass is 253 g/mol. The number of carbonyl (C=O) groups excluding carboxylic acids is 1. The number of carboxylic acids is 1. The van der Waals surface area contributed by atoms with Crippen LogP contribution in [0.4, 0.5) is 0 Å². The predicted octanol–water partition coefficient (Wildman–Crippen LogP) is 0.945. The number of rotatable bonds is 2. The summed E-state index contributed by atoms with van der Waals surface area (Å²) < 4.78 is 4.37. The van der Waals surface area contributed by atoms with Crippen LogP contribution in [-0.2, 0) is 9.59 Å². The third-order valence-electron chi connectivity index (χ3n) is 1.17. The van der Waals surface area contributed by atoms with Crippen LogP contribution in [0.3, 0.4) is 0 Å². The van der Waals surface area contributed by atoms with Crippen molar-refractivity contribution in [2.75, 3.05) is 0 Å². The molecular formula is C12H15NO5. The summed E-state index contributed by atoms with van der Waals surface area (Å²) in [6.07, 6.45) is 2.41. The van der Waals surface area contributed by atoms with Gasteiger partial charge in [0.2, 0.25) is 5.91 Å². The molecule has 0 aliphatic heterocycles. The molecule has 6 nitrogen and oxygen atoms in total. The zero-order valence-corrected chi connectivity index (χ0v) is 9.96. The van der Waals surface area contributed by atoms with Crippen LogP contribution in [-0.4, -0.2) is 17.0 Å². The zero-order valence-electron chi connectivity index (χ0n) is 9.96. The Morgan fingerprint density at radius 1 is 1.44 bits per heavy atom. The lowest BCUT2D eigenvalue weighted by Crippen LogP contribution is -2.04. The molecule has 6 heteroatoms. The van der Waals surface area contributed by atoms with Gasteiger partial charge in [0.15, 0.2) is 0 Å². The van der Waals surface area contributed by atoms with Crippen LogP contribution in [0.2, 0.25) is 0 Å². The lowest BCUT2D eigenvalue weighted by Gasteiger charge is -1.79. The molecule has 0 fully saturated rings. The van der Waals surface area contributed by atoms with Crippen LogP contribution < -0.4 is 11.4 Å². The summed E-state index contributed by atoms with van der Waals surface area (Å²) in [5.74, 6) is -1.42. The van der Waals surface area contributed by atoms with Gasteiger partial charge in [0, 0.05) is 11.6 Å². The zero-order chi connectivity index (χ0) is 14.6. The number of carboxylic acid groups (broad SMARTS) is 1. The van der Waals surface area contributed by atoms with Gasteiger partial charge in [-0.1, -0.05) is 19.2 Å². The van der Waals surface area contributed by atoms with E-state index in [0.29, 0.717) is 0 Å². The molecule has 18 heavy (non-hydrogen) atoms. The Bertz CT molecular complexity index is 432. The van der Waals surface area contributed by atoms with E-state index < -0.39 is 11.9 Å². The maximum atomic E-state index is 10.1. The average molecular weight is 253 g/mol. The molecule has 3 N–H and O–H groups in total. The maximum absolute atomic E-state index is 10.1. The number of nitrogens with two attached hydrogens (primary N) is 1. The first kappa shape index (κ1) is 17.8. The molecule has 1 aromatic heterocycles. The van der Waals surface area contributed by atoms with Crippen molar-refractivity contribution >= 4 is 11.9 Å². The minimum atomic E-state index is -0.935. The van der Waals surface area contributed by atoms with E-state index in [4.69, 9.17) is 5.11 Å². The van der Waals surface area contributed by atoms with Crippen molar-refractivity contribution in [3.05, 3.63) is 59.7 Å². The van der Waals surface area contributed by atoms with E-state index in [0.717, 1.165) is 6.08 Å². The molecular weight excluding hydrogens is 238 g/mol. The van der Waals surface area contributed by atoms with Gasteiger partial charge in [0.1, 0.15) is 0 Å². The molecule has 0 saturated carbocycles. The molecule has 1 amide bonds. The molecule has 0 unspecified atom stereocenters. The van der Waals surface area contributed by atoms with Crippen molar-refractivity contribution in [1.82, 2.24) is 0 Å². The van der Waals surface area contributed by atoms with Crippen LogP contribution in [0.5, 0.6) is 0 Å². The van der Waals surface area contributed by atoms with Gasteiger partial charge in [-0.2, -0.15) is 0 Å². The lowest BCUT2D eigenvalue weighted by atomic mass is 10.4. The first-order valence-corrected chi connectivity index (χ1v) is 4.65. The molecule has 0 saturated heterocycles. The largest absolute Gasteiger partial charge is 0.478 e. The highest BCUT2D eigenvalue weighted by molar-refractivity contribution is 5.85. The standard InChI is InChI=1S/C5H4O2.C4H6O2.C3H5NO/c6-5-3-1-2-4-7-5;1-3(2)4(5)6;1-2-3(4)5/h1-4H;1H2,2H3,(H,5,6);2H,1H2,(H2,4,5). The SMILES string of the molecule is C=C(C)C(=O)O.C=CC(N)=O.O=c1cccco1. The van der Waals surface area contributed by atoms with E-state index in [-0.39, 0.29) is 11.2 Å². The van der Waals surface area contributed by atoms with Gasteiger partial charge in [-0.25, -0.2) is 9.59 Å². The molecule has 0 aliphatic carbocycles. The van der Waals surface area contributed by atoms with E-state index in [1.165, 1.54) is 19.3 Å². The van der Waals surface area contributed by atoms with Crippen LogP contribution >= 0.6 is 0 Å². The minimum Gasteiger partial charge on any atom is -0.478 e. The maximum Gasteiger partial charge on any atom is 0.335 e. The predicted molar refractivity (Wildman–Crippen MR) is 66.8 cm³/mol. The van der Waals surface area contributed by atoms with Crippen LogP contribution in [0, 0.1) is 0 Å². The number of hydrogen-bond acceptors (Lipinski definition) is 4. The molecule has 98 valence electrons. The number of aliphatic carboxylic acids is 1. The number of amides is 1. The van der Waals surface area contributed by atoms with Gasteiger partial charge in [-0.05, 0) is 19.1 Å². The van der Waals surface area contributed by atoms with E-state index >= 15 is 0 Å². The van der Waals surface area contributed by atoms with Gasteiger partial charge < -0.3 is 15.3 Å². The Labute approximate surface area is 104 Å². The third-order valence-corrected chi connectivity index (χ3v) is 1.17. The number of hydrogen-bond donors (Lipinski definition) is 2. The summed E-state index contributed by atoms with van der Waals surface area (Å²) in [6.45, 7) is 7.69. The third kappa shape index (κ3) is 15.8. The second-order valence-corrected chi connectivity index (χ2v) is 2.82. The first-order chi connectivity index (χ1) is 8.31. The Balaban J connectivity index is 0. The summed E-state index contributed by atoms with van der Waals surface area (Å²) in [4.78, 5) is 29.2. The second kappa shape index (κ2) is 10.9. The van der Waals surface area contributed by atoms with Gasteiger partial charge in [0.05, 0.1) is 6.26 Å². The molecule has 0 spiro atoms. The van der Waals surface area contributed by atoms with Crippen LogP contribution in [0.1, 0.15) is 6.92 Å². The Kier molecular flexibility index (Phi) is 10.7. The molecule has 1 aromatic rings. The molecule has 0 aromatic carbocycles. The molecule has 0 bridgehead atoms. The van der Waals surface area contributed by atoms with E-state index in [1.807, 2.05) is 0 Å². The van der Waals surface area contributed by atoms with Crippen molar-refractivity contribution in [2.24, 2.45) is 5.73 Å². The summed E-state index contributed by atoms with van der Waals surface area (Å²) >= 11 is 0. The quantitative estimate of drug-likeness (QED) is 0.762. The number of carbonyl (C=O) groups is 2. The van der Waals surface area contributed by atoms with Crippen molar-refractivity contribution in [2.45, 2.75) is 6.92 Å². The molecule has 1 rings (SSSR count). The van der Waals surface area contributed by atoms with E-state index in [2.05, 4.69) is 23.3 Å². The highest BCUT2D eigenvalue weighted by atomic mass is 16.4. The average Bonchev–Trinajstić information content (AvgIpc) is 2.31. The van der Waals surface area contributed by atoms with Crippen molar-refractivity contribution in [1.29, 1.82) is 0 Å². The Morgan fingerprint density at radius 2 is 1.89 bits per heavy atom. The molecule has 0 aliphatic rings. The van der Waals surface area contributed by atoms with E-state index in [9.17, 15) is 14.4 Å². The fourth-order valence-corrected chi connectivity index (χ4v) is 0.325. The van der Waals surface area contributed by atoms with Crippen molar-refractivity contribution < 1.29 is 19.1 Å². The lowest BCUT2D eigenvalue weighted by molar-refractivity contribution is -0.132. The van der Waals surface area contributed by atoms with Crippen molar-refractivity contribution in [3.63, 3.8) is 0 Å². The fourth-order valence-electron chi connectivity index (χ4n) is 0.325. The van der Waals surface area contributed by atoms with Gasteiger partial charge >= 0.3 is 11.6 Å². The summed E-state index contributed by atoms with van der Waals surface area (Å²) in [5, 5.41) is 7.89. The highest BCUT2D eigenvalue weighted by Crippen LogP contribution is 1.81. The molecule has 1 heterocycles. The summed E-state index contributed by atoms with van der Waals surface area (Å²) in [6, 6.07) is 4.65. The van der Waals surface area contributed by atoms with Crippen LogP contribution in [0.15, 0.2) is 58.5 Å². The first-order valence-electron chi connectivity index (χ1n) is 4.65. The Morgan fingerprint density at radius 3 is 2.00 bits per heavy atom. The van der Waals surface area contributed by atoms with E-state index in [1.54, 1.807) is 12.1 Å². The van der Waals surface area contributed by atoms with Crippen molar-refractivity contribution in [3.8, 4) is 0 Å². The Hall–Kier alpha value is -2.63. The smallest absolute Gasteiger partial charge is 0.335 e. The molecule has 0 radical (unpaired) electrons. The van der Waals surface area contributed by atoms with Gasteiger partial charge in [-0.3, -0.25) is 4.79 Å². The van der Waals surface area contributed by atoms with Gasteiger partial charge in [-0.15, -0.1) is 0 Å². The second-order valence-electron chi connectivity index (χ2n) is 2.82. The molecule has 0 atom stereocenters. The highest BCUT2D eigenvalue weighted by Gasteiger charge is 1.90. The van der Waals surface area contributed by atoms with Gasteiger partial charge in [0.25, 0.3) is 0 Å². The topological polar surface area (TPSA) is 111 Å². The summed E-state index contributed by atoms with van der Waals surface area (Å²) in [5.41, 5.74) is 4.41. The normalized spacial score (nSPS) is 7.61. The summed E-state index contributed by atoms with van der Waals surface area (Å²) in [7, 11) is 0. The minimum absolute atomic E-state index is 0.176.